The molecule has 3 N–H and O–H groups in total. The Labute approximate surface area is 230 Å². The number of aromatic hydroxyl groups is 3. The molecule has 0 aliphatic carbocycles. The molecule has 1 saturated heterocycles. The van der Waals surface area contributed by atoms with Crippen molar-refractivity contribution in [2.24, 2.45) is 0 Å². The van der Waals surface area contributed by atoms with Crippen molar-refractivity contribution in [3.05, 3.63) is 75.9 Å². The van der Waals surface area contributed by atoms with Crippen LogP contribution in [0.4, 0.5) is 0 Å². The van der Waals surface area contributed by atoms with Gasteiger partial charge in [0.05, 0.1) is 14.2 Å². The first-order valence-electron chi connectivity index (χ1n) is 13.1. The summed E-state index contributed by atoms with van der Waals surface area (Å²) in [5.41, 5.74) is 0.728. The molecule has 1 fully saturated rings. The fourth-order valence-corrected chi connectivity index (χ4v) is 5.35. The Hall–Kier alpha value is -4.66. The summed E-state index contributed by atoms with van der Waals surface area (Å²) in [6, 6.07) is 14.5. The number of hydrogen-bond donors (Lipinski definition) is 3. The molecule has 9 nitrogen and oxygen atoms in total. The van der Waals surface area contributed by atoms with E-state index in [1.807, 2.05) is 6.07 Å². The second kappa shape index (κ2) is 11.2. The minimum atomic E-state index is -0.852. The lowest BCUT2D eigenvalue weighted by molar-refractivity contribution is -0.132. The van der Waals surface area contributed by atoms with E-state index in [1.54, 1.807) is 41.3 Å². The molecule has 1 amide bonds. The van der Waals surface area contributed by atoms with Crippen molar-refractivity contribution < 1.29 is 34.0 Å². The predicted molar refractivity (Wildman–Crippen MR) is 149 cm³/mol. The number of carbonyl (C=O) groups is 1. The number of hydrogen-bond acceptors (Lipinski definition) is 8. The highest BCUT2D eigenvalue weighted by Gasteiger charge is 2.31. The molecule has 0 radical (unpaired) electrons. The van der Waals surface area contributed by atoms with E-state index < -0.39 is 17.1 Å². The number of amides is 1. The van der Waals surface area contributed by atoms with Crippen molar-refractivity contribution >= 4 is 16.9 Å². The van der Waals surface area contributed by atoms with Crippen LogP contribution in [0.1, 0.15) is 42.7 Å². The summed E-state index contributed by atoms with van der Waals surface area (Å²) in [5, 5.41) is 32.4. The maximum absolute atomic E-state index is 13.6. The monoisotopic (exact) mass is 545 g/mol. The number of ether oxygens (including phenoxy) is 2. The number of methoxy groups -OCH3 is 2. The van der Waals surface area contributed by atoms with Crippen LogP contribution in [0, 0.1) is 0 Å². The van der Waals surface area contributed by atoms with Crippen molar-refractivity contribution in [3.8, 4) is 40.1 Å². The van der Waals surface area contributed by atoms with E-state index in [1.165, 1.54) is 20.3 Å². The Morgan fingerprint density at radius 1 is 0.925 bits per heavy atom. The maximum atomic E-state index is 13.6. The highest BCUT2D eigenvalue weighted by Crippen LogP contribution is 2.46. The zero-order chi connectivity index (χ0) is 28.4. The second-order valence-corrected chi connectivity index (χ2v) is 9.85. The number of carbonyl (C=O) groups excluding carboxylic acids is 1. The smallest absolute Gasteiger partial charge is 0.223 e. The maximum Gasteiger partial charge on any atom is 0.223 e. The van der Waals surface area contributed by atoms with Gasteiger partial charge in [0.2, 0.25) is 11.7 Å². The highest BCUT2D eigenvalue weighted by atomic mass is 16.5. The summed E-state index contributed by atoms with van der Waals surface area (Å²) in [4.78, 5) is 28.7. The molecule has 5 rings (SSSR count). The molecule has 2 heterocycles. The average Bonchev–Trinajstić information content (AvgIpc) is 2.97. The zero-order valence-corrected chi connectivity index (χ0v) is 22.3. The molecular weight excluding hydrogens is 514 g/mol. The van der Waals surface area contributed by atoms with Crippen LogP contribution in [-0.4, -0.2) is 53.4 Å². The van der Waals surface area contributed by atoms with Gasteiger partial charge in [0.1, 0.15) is 28.2 Å². The topological polar surface area (TPSA) is 130 Å². The largest absolute Gasteiger partial charge is 0.507 e. The minimum absolute atomic E-state index is 0.0358. The van der Waals surface area contributed by atoms with Crippen LogP contribution >= 0.6 is 0 Å². The van der Waals surface area contributed by atoms with Gasteiger partial charge in [-0.15, -0.1) is 0 Å². The standard InChI is InChI=1S/C31H31NO8/c1-38-25-13-19(14-26(39-2)30(25)37)20(15-27(36)32-11-7-4-8-12-32)28-21(33)16-22(34)29-23(35)17-24(40-31(28)29)18-9-5-3-6-10-18/h3,5-6,9-10,13-14,16-17,20,33-34,37H,4,7-8,11-12,15H2,1-2H3/t20-/m0/s1. The molecule has 0 bridgehead atoms. The fourth-order valence-electron chi connectivity index (χ4n) is 5.35. The summed E-state index contributed by atoms with van der Waals surface area (Å²) in [7, 11) is 2.79. The molecule has 1 atom stereocenters. The molecular formula is C31H31NO8. The normalized spacial score (nSPS) is 14.2. The van der Waals surface area contributed by atoms with Gasteiger partial charge >= 0.3 is 0 Å². The van der Waals surface area contributed by atoms with Crippen LogP contribution in [0.2, 0.25) is 0 Å². The first-order chi connectivity index (χ1) is 19.3. The number of benzene rings is 3. The van der Waals surface area contributed by atoms with E-state index in [0.717, 1.165) is 25.3 Å². The van der Waals surface area contributed by atoms with Gasteiger partial charge in [-0.25, -0.2) is 0 Å². The Bertz CT molecular complexity index is 1580. The highest BCUT2D eigenvalue weighted by molar-refractivity contribution is 5.91. The van der Waals surface area contributed by atoms with Crippen LogP contribution in [0.25, 0.3) is 22.3 Å². The molecule has 208 valence electrons. The van der Waals surface area contributed by atoms with Gasteiger partial charge in [0.25, 0.3) is 0 Å². The average molecular weight is 546 g/mol. The van der Waals surface area contributed by atoms with E-state index in [-0.39, 0.29) is 57.6 Å². The van der Waals surface area contributed by atoms with Crippen molar-refractivity contribution in [3.63, 3.8) is 0 Å². The predicted octanol–water partition coefficient (Wildman–Crippen LogP) is 5.13. The quantitative estimate of drug-likeness (QED) is 0.292. The third-order valence-corrected chi connectivity index (χ3v) is 7.40. The van der Waals surface area contributed by atoms with Gasteiger partial charge in [-0.05, 0) is 37.0 Å². The van der Waals surface area contributed by atoms with Crippen LogP contribution in [0.5, 0.6) is 28.7 Å². The number of likely N-dealkylation sites (tertiary alicyclic amines) is 1. The van der Waals surface area contributed by atoms with E-state index >= 15 is 0 Å². The molecule has 1 aliphatic rings. The number of nitrogens with zero attached hydrogens (tertiary/aromatic N) is 1. The van der Waals surface area contributed by atoms with Gasteiger partial charge in [-0.2, -0.15) is 0 Å². The molecule has 0 unspecified atom stereocenters. The molecule has 1 aliphatic heterocycles. The Morgan fingerprint density at radius 3 is 2.20 bits per heavy atom. The van der Waals surface area contributed by atoms with Gasteiger partial charge in [0, 0.05) is 48.7 Å². The third kappa shape index (κ3) is 5.02. The van der Waals surface area contributed by atoms with Crippen molar-refractivity contribution in [2.75, 3.05) is 27.3 Å². The SMILES string of the molecule is COc1cc([C@H](CC(=O)N2CCCCC2)c2c(O)cc(O)c3c(=O)cc(-c4ccccc4)oc23)cc(OC)c1O. The number of phenols is 3. The van der Waals surface area contributed by atoms with Gasteiger partial charge in [-0.3, -0.25) is 9.59 Å². The molecule has 0 spiro atoms. The Kier molecular flexibility index (Phi) is 7.55. The van der Waals surface area contributed by atoms with Crippen LogP contribution in [-0.2, 0) is 4.79 Å². The van der Waals surface area contributed by atoms with Gasteiger partial charge in [-0.1, -0.05) is 30.3 Å². The van der Waals surface area contributed by atoms with Crippen LogP contribution < -0.4 is 14.9 Å². The van der Waals surface area contributed by atoms with E-state index in [0.29, 0.717) is 24.2 Å². The number of piperidine rings is 1. The van der Waals surface area contributed by atoms with Crippen molar-refractivity contribution in [2.45, 2.75) is 31.6 Å². The summed E-state index contributed by atoms with van der Waals surface area (Å²) >= 11 is 0. The summed E-state index contributed by atoms with van der Waals surface area (Å²) in [6.07, 6.45) is 2.78. The first kappa shape index (κ1) is 26.9. The lowest BCUT2D eigenvalue weighted by Crippen LogP contribution is -2.36. The number of rotatable bonds is 7. The Morgan fingerprint density at radius 2 is 1.57 bits per heavy atom. The molecule has 4 aromatic rings. The van der Waals surface area contributed by atoms with E-state index in [4.69, 9.17) is 13.9 Å². The molecule has 9 heteroatoms. The zero-order valence-electron chi connectivity index (χ0n) is 22.3. The van der Waals surface area contributed by atoms with Crippen molar-refractivity contribution in [1.29, 1.82) is 0 Å². The number of phenolic OH excluding ortho intramolecular Hbond substituents is 3. The third-order valence-electron chi connectivity index (χ3n) is 7.40. The second-order valence-electron chi connectivity index (χ2n) is 9.85. The van der Waals surface area contributed by atoms with Gasteiger partial charge < -0.3 is 34.1 Å². The van der Waals surface area contributed by atoms with Crippen molar-refractivity contribution in [1.82, 2.24) is 4.90 Å². The number of fused-ring (bicyclic) bond motifs is 1. The molecule has 3 aromatic carbocycles. The molecule has 0 saturated carbocycles. The molecule has 1 aromatic heterocycles. The lowest BCUT2D eigenvalue weighted by Gasteiger charge is -2.29. The van der Waals surface area contributed by atoms with Crippen LogP contribution in [0.15, 0.2) is 63.8 Å². The van der Waals surface area contributed by atoms with Gasteiger partial charge in [0.15, 0.2) is 16.9 Å². The summed E-state index contributed by atoms with van der Waals surface area (Å²) < 4.78 is 17.0. The van der Waals surface area contributed by atoms with Crippen LogP contribution in [0.3, 0.4) is 0 Å². The molecule has 40 heavy (non-hydrogen) atoms. The lowest BCUT2D eigenvalue weighted by atomic mass is 9.85. The summed E-state index contributed by atoms with van der Waals surface area (Å²) in [6.45, 7) is 1.26. The Balaban J connectivity index is 1.77. The first-order valence-corrected chi connectivity index (χ1v) is 13.1. The van der Waals surface area contributed by atoms with E-state index in [2.05, 4.69) is 0 Å². The summed E-state index contributed by atoms with van der Waals surface area (Å²) in [5.74, 6) is -1.53. The van der Waals surface area contributed by atoms with E-state index in [9.17, 15) is 24.9 Å². The fraction of sp³-hybridized carbons (Fsp3) is 0.290. The minimum Gasteiger partial charge on any atom is -0.507 e.